The van der Waals surface area contributed by atoms with Gasteiger partial charge in [0.05, 0.1) is 12.7 Å². The van der Waals surface area contributed by atoms with Gasteiger partial charge in [0.1, 0.15) is 0 Å². The topological polar surface area (TPSA) is 58.6 Å². The van der Waals surface area contributed by atoms with Gasteiger partial charge in [-0.2, -0.15) is 0 Å². The minimum absolute atomic E-state index is 0.149. The van der Waals surface area contributed by atoms with Crippen molar-refractivity contribution in [2.45, 2.75) is 6.92 Å². The number of carbonyl (C=O) groups is 1. The fourth-order valence-corrected chi connectivity index (χ4v) is 1.20. The Morgan fingerprint density at radius 3 is 2.81 bits per heavy atom. The summed E-state index contributed by atoms with van der Waals surface area (Å²) in [6.07, 6.45) is 0. The van der Waals surface area contributed by atoms with Crippen LogP contribution in [0, 0.1) is 0 Å². The molecule has 1 aromatic rings. The molecule has 0 aliphatic heterocycles. The van der Waals surface area contributed by atoms with E-state index in [0.717, 1.165) is 5.57 Å². The van der Waals surface area contributed by atoms with E-state index in [-0.39, 0.29) is 23.0 Å². The molecule has 0 unspecified atom stereocenters. The summed E-state index contributed by atoms with van der Waals surface area (Å²) in [5, 5.41) is 12.4. The van der Waals surface area contributed by atoms with Crippen LogP contribution in [0.15, 0.2) is 30.4 Å². The fraction of sp³-hybridized carbons (Fsp3) is 0.250. The molecule has 0 radical (unpaired) electrons. The summed E-state index contributed by atoms with van der Waals surface area (Å²) in [4.78, 5) is 11.7. The summed E-state index contributed by atoms with van der Waals surface area (Å²) in [5.74, 6) is -0.216. The molecule has 0 fully saturated rings. The Morgan fingerprint density at radius 1 is 1.56 bits per heavy atom. The number of hydrogen-bond acceptors (Lipinski definition) is 3. The molecule has 0 saturated heterocycles. The number of phenolic OH excluding ortho intramolecular Hbond substituents is 1. The van der Waals surface area contributed by atoms with E-state index in [9.17, 15) is 9.90 Å². The number of carbonyl (C=O) groups excluding carboxylic acids is 1. The van der Waals surface area contributed by atoms with Gasteiger partial charge in [-0.25, -0.2) is 0 Å². The Kier molecular flexibility index (Phi) is 3.94. The summed E-state index contributed by atoms with van der Waals surface area (Å²) >= 11 is 0. The molecule has 1 rings (SSSR count). The number of aromatic hydroxyl groups is 1. The number of methoxy groups -OCH3 is 1. The van der Waals surface area contributed by atoms with E-state index in [1.165, 1.54) is 13.2 Å². The molecule has 1 aromatic carbocycles. The second-order valence-electron chi connectivity index (χ2n) is 3.50. The Labute approximate surface area is 94.6 Å². The van der Waals surface area contributed by atoms with E-state index in [4.69, 9.17) is 4.74 Å². The van der Waals surface area contributed by atoms with Crippen LogP contribution < -0.4 is 10.1 Å². The van der Waals surface area contributed by atoms with Crippen LogP contribution >= 0.6 is 0 Å². The third-order valence-corrected chi connectivity index (χ3v) is 2.01. The van der Waals surface area contributed by atoms with Crippen LogP contribution in [0.1, 0.15) is 17.3 Å². The lowest BCUT2D eigenvalue weighted by Crippen LogP contribution is -2.24. The lowest BCUT2D eigenvalue weighted by Gasteiger charge is -2.09. The normalized spacial score (nSPS) is 9.62. The SMILES string of the molecule is C=C(C)CNC(=O)c1cccc(OC)c1O. The molecule has 2 N–H and O–H groups in total. The highest BCUT2D eigenvalue weighted by molar-refractivity contribution is 5.97. The van der Waals surface area contributed by atoms with Gasteiger partial charge in [-0.3, -0.25) is 4.79 Å². The molecule has 16 heavy (non-hydrogen) atoms. The van der Waals surface area contributed by atoms with Gasteiger partial charge in [-0.15, -0.1) is 0 Å². The second kappa shape index (κ2) is 5.21. The lowest BCUT2D eigenvalue weighted by molar-refractivity contribution is 0.0953. The minimum Gasteiger partial charge on any atom is -0.504 e. The molecular formula is C12H15NO3. The first-order valence-electron chi connectivity index (χ1n) is 4.84. The zero-order valence-electron chi connectivity index (χ0n) is 9.41. The maximum Gasteiger partial charge on any atom is 0.255 e. The molecule has 1 amide bonds. The van der Waals surface area contributed by atoms with Gasteiger partial charge in [-0.1, -0.05) is 18.2 Å². The van der Waals surface area contributed by atoms with Crippen LogP contribution in [0.25, 0.3) is 0 Å². The van der Waals surface area contributed by atoms with Gasteiger partial charge >= 0.3 is 0 Å². The van der Waals surface area contributed by atoms with Crippen molar-refractivity contribution in [2.75, 3.05) is 13.7 Å². The highest BCUT2D eigenvalue weighted by atomic mass is 16.5. The number of para-hydroxylation sites is 1. The Hall–Kier alpha value is -1.97. The molecule has 0 spiro atoms. The summed E-state index contributed by atoms with van der Waals surface area (Å²) in [5.41, 5.74) is 1.04. The first-order chi connectivity index (χ1) is 7.56. The van der Waals surface area contributed by atoms with Crippen LogP contribution in [-0.2, 0) is 0 Å². The molecule has 0 atom stereocenters. The van der Waals surface area contributed by atoms with E-state index in [1.54, 1.807) is 12.1 Å². The monoisotopic (exact) mass is 221 g/mol. The largest absolute Gasteiger partial charge is 0.504 e. The number of ether oxygens (including phenoxy) is 1. The predicted octanol–water partition coefficient (Wildman–Crippen LogP) is 1.71. The third kappa shape index (κ3) is 2.76. The number of rotatable bonds is 4. The molecule has 0 aromatic heterocycles. The van der Waals surface area contributed by atoms with Crippen molar-refractivity contribution in [1.29, 1.82) is 0 Å². The number of nitrogens with one attached hydrogen (secondary N) is 1. The standard InChI is InChI=1S/C12H15NO3/c1-8(2)7-13-12(15)9-5-4-6-10(16-3)11(9)14/h4-6,14H,1,7H2,2-3H3,(H,13,15). The van der Waals surface area contributed by atoms with Crippen LogP contribution in [0.3, 0.4) is 0 Å². The summed E-state index contributed by atoms with van der Waals surface area (Å²) in [6.45, 7) is 5.87. The fourth-order valence-electron chi connectivity index (χ4n) is 1.20. The van der Waals surface area contributed by atoms with Crippen LogP contribution in [-0.4, -0.2) is 24.7 Å². The van der Waals surface area contributed by atoms with Gasteiger partial charge < -0.3 is 15.2 Å². The number of benzene rings is 1. The molecule has 0 heterocycles. The van der Waals surface area contributed by atoms with Crippen LogP contribution in [0.4, 0.5) is 0 Å². The first-order valence-corrected chi connectivity index (χ1v) is 4.84. The zero-order chi connectivity index (χ0) is 12.1. The minimum atomic E-state index is -0.348. The third-order valence-electron chi connectivity index (χ3n) is 2.01. The van der Waals surface area contributed by atoms with Crippen molar-refractivity contribution >= 4 is 5.91 Å². The quantitative estimate of drug-likeness (QED) is 0.761. The summed E-state index contributed by atoms with van der Waals surface area (Å²) in [6, 6.07) is 4.77. The highest BCUT2D eigenvalue weighted by Crippen LogP contribution is 2.29. The molecule has 0 aliphatic rings. The second-order valence-corrected chi connectivity index (χ2v) is 3.50. The number of hydrogen-bond donors (Lipinski definition) is 2. The van der Waals surface area contributed by atoms with Crippen LogP contribution in [0.2, 0.25) is 0 Å². The Morgan fingerprint density at radius 2 is 2.25 bits per heavy atom. The van der Waals surface area contributed by atoms with Gasteiger partial charge in [0.2, 0.25) is 0 Å². The van der Waals surface area contributed by atoms with Gasteiger partial charge in [0, 0.05) is 6.54 Å². The van der Waals surface area contributed by atoms with Crippen molar-refractivity contribution in [2.24, 2.45) is 0 Å². The van der Waals surface area contributed by atoms with E-state index in [0.29, 0.717) is 6.54 Å². The van der Waals surface area contributed by atoms with Crippen molar-refractivity contribution in [1.82, 2.24) is 5.32 Å². The van der Waals surface area contributed by atoms with Crippen molar-refractivity contribution < 1.29 is 14.6 Å². The maximum atomic E-state index is 11.7. The van der Waals surface area contributed by atoms with Crippen LogP contribution in [0.5, 0.6) is 11.5 Å². The van der Waals surface area contributed by atoms with Crippen molar-refractivity contribution in [3.63, 3.8) is 0 Å². The predicted molar refractivity (Wildman–Crippen MR) is 61.8 cm³/mol. The molecule has 86 valence electrons. The molecule has 0 aliphatic carbocycles. The lowest BCUT2D eigenvalue weighted by atomic mass is 10.1. The Bertz CT molecular complexity index is 413. The molecule has 4 heteroatoms. The molecular weight excluding hydrogens is 206 g/mol. The summed E-state index contributed by atoms with van der Waals surface area (Å²) in [7, 11) is 1.44. The van der Waals surface area contributed by atoms with Gasteiger partial charge in [0.25, 0.3) is 5.91 Å². The van der Waals surface area contributed by atoms with E-state index in [1.807, 2.05) is 6.92 Å². The number of amides is 1. The van der Waals surface area contributed by atoms with Crippen molar-refractivity contribution in [3.8, 4) is 11.5 Å². The van der Waals surface area contributed by atoms with Crippen molar-refractivity contribution in [3.05, 3.63) is 35.9 Å². The van der Waals surface area contributed by atoms with E-state index >= 15 is 0 Å². The number of phenols is 1. The highest BCUT2D eigenvalue weighted by Gasteiger charge is 2.13. The van der Waals surface area contributed by atoms with E-state index < -0.39 is 0 Å². The van der Waals surface area contributed by atoms with Gasteiger partial charge in [0.15, 0.2) is 11.5 Å². The zero-order valence-corrected chi connectivity index (χ0v) is 9.41. The average molecular weight is 221 g/mol. The molecule has 0 bridgehead atoms. The first kappa shape index (κ1) is 12.1. The molecule has 0 saturated carbocycles. The summed E-state index contributed by atoms with van der Waals surface area (Å²) < 4.78 is 4.91. The van der Waals surface area contributed by atoms with Gasteiger partial charge in [-0.05, 0) is 19.1 Å². The smallest absolute Gasteiger partial charge is 0.255 e. The maximum absolute atomic E-state index is 11.7. The Balaban J connectivity index is 2.87. The van der Waals surface area contributed by atoms with E-state index in [2.05, 4.69) is 11.9 Å². The average Bonchev–Trinajstić information content (AvgIpc) is 2.26. The molecule has 4 nitrogen and oxygen atoms in total.